The second kappa shape index (κ2) is 10.4. The summed E-state index contributed by atoms with van der Waals surface area (Å²) in [6.45, 7) is 1.92. The maximum Gasteiger partial charge on any atom is 0.305 e. The highest BCUT2D eigenvalue weighted by molar-refractivity contribution is 5.71. The van der Waals surface area contributed by atoms with Crippen LogP contribution in [0.3, 0.4) is 0 Å². The second-order valence-electron chi connectivity index (χ2n) is 3.18. The van der Waals surface area contributed by atoms with E-state index in [1.807, 2.05) is 7.05 Å². The Labute approximate surface area is 94.9 Å². The summed E-state index contributed by atoms with van der Waals surface area (Å²) in [6.07, 6.45) is 0.450. The van der Waals surface area contributed by atoms with Gasteiger partial charge in [0.15, 0.2) is 0 Å². The number of aliphatic carboxylic acids is 1. The zero-order valence-corrected chi connectivity index (χ0v) is 9.53. The Kier molecular flexibility index (Phi) is 9.64. The Bertz CT molecular complexity index is 207. The summed E-state index contributed by atoms with van der Waals surface area (Å²) in [5, 5.41) is 11.3. The molecule has 0 aliphatic carbocycles. The molecule has 6 heteroatoms. The SMILES string of the molecule is CNCCOCCOC(=O)CCCC(=O)O. The zero-order valence-electron chi connectivity index (χ0n) is 9.53. The van der Waals surface area contributed by atoms with Gasteiger partial charge in [-0.15, -0.1) is 0 Å². The molecule has 0 heterocycles. The molecule has 2 N–H and O–H groups in total. The monoisotopic (exact) mass is 233 g/mol. The first-order valence-electron chi connectivity index (χ1n) is 5.26. The van der Waals surface area contributed by atoms with Crippen molar-refractivity contribution in [2.45, 2.75) is 19.3 Å². The van der Waals surface area contributed by atoms with Gasteiger partial charge in [-0.25, -0.2) is 0 Å². The smallest absolute Gasteiger partial charge is 0.305 e. The normalized spacial score (nSPS) is 10.1. The molecule has 0 aromatic carbocycles. The highest BCUT2D eigenvalue weighted by atomic mass is 16.6. The van der Waals surface area contributed by atoms with E-state index in [0.717, 1.165) is 6.54 Å². The van der Waals surface area contributed by atoms with Crippen molar-refractivity contribution in [3.05, 3.63) is 0 Å². The van der Waals surface area contributed by atoms with Gasteiger partial charge in [-0.1, -0.05) is 0 Å². The summed E-state index contributed by atoms with van der Waals surface area (Å²) in [4.78, 5) is 21.2. The van der Waals surface area contributed by atoms with Gasteiger partial charge in [-0.3, -0.25) is 9.59 Å². The van der Waals surface area contributed by atoms with Crippen LogP contribution >= 0.6 is 0 Å². The van der Waals surface area contributed by atoms with E-state index in [-0.39, 0.29) is 25.4 Å². The standard InChI is InChI=1S/C10H19NO5/c1-11-5-6-15-7-8-16-10(14)4-2-3-9(12)13/h11H,2-8H2,1H3,(H,12,13). The van der Waals surface area contributed by atoms with Gasteiger partial charge in [0.05, 0.1) is 13.2 Å². The van der Waals surface area contributed by atoms with Crippen molar-refractivity contribution in [1.82, 2.24) is 5.32 Å². The molecule has 0 aromatic heterocycles. The fourth-order valence-corrected chi connectivity index (χ4v) is 0.947. The molecular weight excluding hydrogens is 214 g/mol. The summed E-state index contributed by atoms with van der Waals surface area (Å²) in [5.74, 6) is -1.28. The topological polar surface area (TPSA) is 84.9 Å². The fraction of sp³-hybridized carbons (Fsp3) is 0.800. The van der Waals surface area contributed by atoms with Crippen LogP contribution in [0.1, 0.15) is 19.3 Å². The van der Waals surface area contributed by atoms with E-state index in [4.69, 9.17) is 14.6 Å². The van der Waals surface area contributed by atoms with E-state index >= 15 is 0 Å². The maximum atomic E-state index is 11.0. The first-order valence-corrected chi connectivity index (χ1v) is 5.26. The van der Waals surface area contributed by atoms with Crippen molar-refractivity contribution in [2.75, 3.05) is 33.4 Å². The largest absolute Gasteiger partial charge is 0.481 e. The number of carbonyl (C=O) groups is 2. The molecule has 0 fully saturated rings. The van der Waals surface area contributed by atoms with Crippen LogP contribution < -0.4 is 5.32 Å². The molecule has 0 atom stereocenters. The molecule has 0 rings (SSSR count). The number of ether oxygens (including phenoxy) is 2. The number of carbonyl (C=O) groups excluding carboxylic acids is 1. The molecule has 0 saturated carbocycles. The van der Waals surface area contributed by atoms with Crippen molar-refractivity contribution < 1.29 is 24.2 Å². The van der Waals surface area contributed by atoms with Gasteiger partial charge in [-0.2, -0.15) is 0 Å². The minimum atomic E-state index is -0.900. The Balaban J connectivity index is 3.20. The number of nitrogens with one attached hydrogen (secondary N) is 1. The van der Waals surface area contributed by atoms with Crippen molar-refractivity contribution in [1.29, 1.82) is 0 Å². The van der Waals surface area contributed by atoms with Gasteiger partial charge in [0.1, 0.15) is 6.61 Å². The van der Waals surface area contributed by atoms with E-state index in [1.165, 1.54) is 0 Å². The molecule has 0 spiro atoms. The minimum absolute atomic E-state index is 0.00618. The Morgan fingerprint density at radius 1 is 1.19 bits per heavy atom. The molecule has 0 amide bonds. The Morgan fingerprint density at radius 2 is 1.94 bits per heavy atom. The van der Waals surface area contributed by atoms with Gasteiger partial charge in [0.25, 0.3) is 0 Å². The number of carboxylic acid groups (broad SMARTS) is 1. The number of hydrogen-bond donors (Lipinski definition) is 2. The quantitative estimate of drug-likeness (QED) is 0.409. The van der Waals surface area contributed by atoms with E-state index in [2.05, 4.69) is 5.32 Å². The van der Waals surface area contributed by atoms with Gasteiger partial charge in [0.2, 0.25) is 0 Å². The molecule has 0 unspecified atom stereocenters. The molecule has 0 aromatic rings. The predicted molar refractivity (Wildman–Crippen MR) is 57.2 cm³/mol. The van der Waals surface area contributed by atoms with Crippen molar-refractivity contribution >= 4 is 11.9 Å². The molecule has 0 aliphatic rings. The molecule has 16 heavy (non-hydrogen) atoms. The van der Waals surface area contributed by atoms with Crippen LogP contribution in [0.2, 0.25) is 0 Å². The summed E-state index contributed by atoms with van der Waals surface area (Å²) in [6, 6.07) is 0. The first kappa shape index (κ1) is 14.9. The Hall–Kier alpha value is -1.14. The van der Waals surface area contributed by atoms with Crippen LogP contribution in [-0.4, -0.2) is 50.5 Å². The predicted octanol–water partition coefficient (Wildman–Crippen LogP) is 0.0205. The summed E-state index contributed by atoms with van der Waals surface area (Å²) in [5.41, 5.74) is 0. The van der Waals surface area contributed by atoms with E-state index in [9.17, 15) is 9.59 Å². The van der Waals surface area contributed by atoms with Crippen LogP contribution in [0, 0.1) is 0 Å². The van der Waals surface area contributed by atoms with E-state index < -0.39 is 5.97 Å². The molecule has 6 nitrogen and oxygen atoms in total. The number of hydrogen-bond acceptors (Lipinski definition) is 5. The van der Waals surface area contributed by atoms with Gasteiger partial charge >= 0.3 is 11.9 Å². The lowest BCUT2D eigenvalue weighted by Crippen LogP contribution is -2.17. The lowest BCUT2D eigenvalue weighted by molar-refractivity contribution is -0.145. The summed E-state index contributed by atoms with van der Waals surface area (Å²) < 4.78 is 9.96. The maximum absolute atomic E-state index is 11.0. The molecule has 0 bridgehead atoms. The molecule has 0 saturated heterocycles. The third-order valence-electron chi connectivity index (χ3n) is 1.76. The van der Waals surface area contributed by atoms with Crippen LogP contribution in [0.25, 0.3) is 0 Å². The van der Waals surface area contributed by atoms with Crippen molar-refractivity contribution in [3.63, 3.8) is 0 Å². The zero-order chi connectivity index (χ0) is 12.2. The molecule has 94 valence electrons. The third kappa shape index (κ3) is 10.9. The van der Waals surface area contributed by atoms with Crippen LogP contribution in [-0.2, 0) is 19.1 Å². The van der Waals surface area contributed by atoms with Gasteiger partial charge in [0, 0.05) is 19.4 Å². The van der Waals surface area contributed by atoms with Crippen molar-refractivity contribution in [2.24, 2.45) is 0 Å². The average Bonchev–Trinajstić information content (AvgIpc) is 2.22. The molecular formula is C10H19NO5. The summed E-state index contributed by atoms with van der Waals surface area (Å²) in [7, 11) is 1.83. The van der Waals surface area contributed by atoms with Gasteiger partial charge in [-0.05, 0) is 13.5 Å². The second-order valence-corrected chi connectivity index (χ2v) is 3.18. The van der Waals surface area contributed by atoms with Crippen molar-refractivity contribution in [3.8, 4) is 0 Å². The Morgan fingerprint density at radius 3 is 2.56 bits per heavy atom. The molecule has 0 radical (unpaired) electrons. The third-order valence-corrected chi connectivity index (χ3v) is 1.76. The number of esters is 1. The lowest BCUT2D eigenvalue weighted by Gasteiger charge is -2.05. The highest BCUT2D eigenvalue weighted by Gasteiger charge is 2.04. The highest BCUT2D eigenvalue weighted by Crippen LogP contribution is 1.97. The van der Waals surface area contributed by atoms with E-state index in [0.29, 0.717) is 19.6 Å². The fourth-order valence-electron chi connectivity index (χ4n) is 0.947. The van der Waals surface area contributed by atoms with E-state index in [1.54, 1.807) is 0 Å². The summed E-state index contributed by atoms with van der Waals surface area (Å²) >= 11 is 0. The first-order chi connectivity index (χ1) is 7.66. The van der Waals surface area contributed by atoms with Crippen LogP contribution in [0.4, 0.5) is 0 Å². The minimum Gasteiger partial charge on any atom is -0.481 e. The molecule has 0 aliphatic heterocycles. The van der Waals surface area contributed by atoms with Gasteiger partial charge < -0.3 is 19.9 Å². The van der Waals surface area contributed by atoms with Crippen LogP contribution in [0.5, 0.6) is 0 Å². The average molecular weight is 233 g/mol. The number of rotatable bonds is 10. The van der Waals surface area contributed by atoms with Crippen LogP contribution in [0.15, 0.2) is 0 Å². The lowest BCUT2D eigenvalue weighted by atomic mass is 10.2. The number of carboxylic acids is 1. The number of likely N-dealkylation sites (N-methyl/N-ethyl adjacent to an activating group) is 1.